The van der Waals surface area contributed by atoms with Crippen molar-refractivity contribution in [2.24, 2.45) is 0 Å². The van der Waals surface area contributed by atoms with Gasteiger partial charge in [0, 0.05) is 28.0 Å². The smallest absolute Gasteiger partial charge is 0.343 e. The molecule has 0 aliphatic carbocycles. The maximum Gasteiger partial charge on any atom is 0.343 e. The number of rotatable bonds is 4. The molecule has 7 heteroatoms. The van der Waals surface area contributed by atoms with Crippen molar-refractivity contribution in [2.45, 2.75) is 0 Å². The van der Waals surface area contributed by atoms with Gasteiger partial charge in [-0.25, -0.2) is 9.78 Å². The van der Waals surface area contributed by atoms with Gasteiger partial charge in [-0.15, -0.1) is 0 Å². The Morgan fingerprint density at radius 2 is 1.76 bits per heavy atom. The second kappa shape index (κ2) is 7.74. The Bertz CT molecular complexity index is 920. The van der Waals surface area contributed by atoms with E-state index in [1.165, 1.54) is 0 Å². The average Bonchev–Trinajstić information content (AvgIpc) is 3.08. The Kier molecular flexibility index (Phi) is 5.43. The molecule has 3 rings (SSSR count). The number of halogens is 3. The predicted octanol–water partition coefficient (Wildman–Crippen LogP) is 5.66. The van der Waals surface area contributed by atoms with Gasteiger partial charge in [0.1, 0.15) is 0 Å². The first-order valence-electron chi connectivity index (χ1n) is 7.15. The lowest BCUT2D eigenvalue weighted by Gasteiger charge is -2.11. The fraction of sp³-hybridized carbons (Fsp3) is 0. The van der Waals surface area contributed by atoms with E-state index in [0.717, 1.165) is 0 Å². The van der Waals surface area contributed by atoms with Crippen LogP contribution in [0.25, 0.3) is 12.0 Å². The van der Waals surface area contributed by atoms with Gasteiger partial charge in [0.15, 0.2) is 5.76 Å². The number of aromatic nitrogens is 2. The van der Waals surface area contributed by atoms with Gasteiger partial charge in [0.25, 0.3) is 0 Å². The number of carbonyl (C=O) groups is 1. The number of ether oxygens (including phenoxy) is 1. The third-order valence-electron chi connectivity index (χ3n) is 3.27. The van der Waals surface area contributed by atoms with Crippen LogP contribution >= 0.6 is 34.8 Å². The molecule has 0 aliphatic heterocycles. The fourth-order valence-corrected chi connectivity index (χ4v) is 2.69. The summed E-state index contributed by atoms with van der Waals surface area (Å²) < 4.78 is 7.21. The van der Waals surface area contributed by atoms with E-state index in [1.54, 1.807) is 72.0 Å². The molecule has 0 saturated heterocycles. The quantitative estimate of drug-likeness (QED) is 0.424. The van der Waals surface area contributed by atoms with Crippen LogP contribution in [0.2, 0.25) is 15.1 Å². The van der Waals surface area contributed by atoms with Crippen molar-refractivity contribution in [3.8, 4) is 0 Å². The van der Waals surface area contributed by atoms with Gasteiger partial charge in [0.2, 0.25) is 0 Å². The van der Waals surface area contributed by atoms with E-state index >= 15 is 0 Å². The summed E-state index contributed by atoms with van der Waals surface area (Å²) in [5, 5.41) is 1.38. The molecule has 1 aromatic heterocycles. The molecule has 0 atom stereocenters. The van der Waals surface area contributed by atoms with E-state index in [1.807, 2.05) is 0 Å². The molecule has 0 amide bonds. The molecule has 0 aliphatic rings. The maximum atomic E-state index is 12.4. The molecule has 0 spiro atoms. The molecule has 2 aromatic carbocycles. The highest BCUT2D eigenvalue weighted by Gasteiger charge is 2.15. The summed E-state index contributed by atoms with van der Waals surface area (Å²) in [4.78, 5) is 16.4. The fourth-order valence-electron chi connectivity index (χ4n) is 2.07. The van der Waals surface area contributed by atoms with Crippen LogP contribution in [0.1, 0.15) is 15.9 Å². The third kappa shape index (κ3) is 4.42. The van der Waals surface area contributed by atoms with Crippen LogP contribution in [-0.2, 0) is 4.74 Å². The van der Waals surface area contributed by atoms with Crippen LogP contribution in [-0.4, -0.2) is 15.5 Å². The predicted molar refractivity (Wildman–Crippen MR) is 99.7 cm³/mol. The van der Waals surface area contributed by atoms with E-state index in [0.29, 0.717) is 26.2 Å². The molecule has 126 valence electrons. The summed E-state index contributed by atoms with van der Waals surface area (Å²) in [5.74, 6) is -0.270. The van der Waals surface area contributed by atoms with Crippen LogP contribution in [0.5, 0.6) is 0 Å². The first-order valence-corrected chi connectivity index (χ1v) is 8.29. The lowest BCUT2D eigenvalue weighted by atomic mass is 10.2. The van der Waals surface area contributed by atoms with Crippen molar-refractivity contribution < 1.29 is 9.53 Å². The Morgan fingerprint density at radius 3 is 2.40 bits per heavy atom. The molecule has 0 radical (unpaired) electrons. The number of hydrogen-bond donors (Lipinski definition) is 0. The van der Waals surface area contributed by atoms with Crippen molar-refractivity contribution in [1.82, 2.24) is 9.55 Å². The standard InChI is InChI=1S/C18H11Cl3N2O2/c19-13-3-1-12(2-4-13)18(24)25-17(10-23-8-7-22-11-23)15-6-5-14(20)9-16(15)21/h1-11H. The first-order chi connectivity index (χ1) is 12.0. The van der Waals surface area contributed by atoms with E-state index < -0.39 is 5.97 Å². The van der Waals surface area contributed by atoms with Gasteiger partial charge < -0.3 is 9.30 Å². The Hall–Kier alpha value is -2.27. The molecule has 0 bridgehead atoms. The molecule has 1 heterocycles. The van der Waals surface area contributed by atoms with Crippen LogP contribution in [0, 0.1) is 0 Å². The minimum atomic E-state index is -0.533. The minimum absolute atomic E-state index is 0.264. The SMILES string of the molecule is O=C(OC(=Cn1ccnc1)c1ccc(Cl)cc1Cl)c1ccc(Cl)cc1. The molecule has 0 unspecified atom stereocenters. The topological polar surface area (TPSA) is 44.1 Å². The molecule has 0 N–H and O–H groups in total. The van der Waals surface area contributed by atoms with Gasteiger partial charge >= 0.3 is 5.97 Å². The molecule has 0 saturated carbocycles. The summed E-state index contributed by atoms with van der Waals surface area (Å²) >= 11 is 18.0. The lowest BCUT2D eigenvalue weighted by molar-refractivity contribution is 0.0693. The summed E-state index contributed by atoms with van der Waals surface area (Å²) in [6, 6.07) is 11.3. The van der Waals surface area contributed by atoms with Crippen molar-refractivity contribution in [3.63, 3.8) is 0 Å². The zero-order chi connectivity index (χ0) is 17.8. The highest BCUT2D eigenvalue weighted by molar-refractivity contribution is 6.35. The Labute approximate surface area is 159 Å². The van der Waals surface area contributed by atoms with Crippen molar-refractivity contribution in [1.29, 1.82) is 0 Å². The zero-order valence-corrected chi connectivity index (χ0v) is 15.0. The van der Waals surface area contributed by atoms with Gasteiger partial charge in [-0.1, -0.05) is 34.8 Å². The summed E-state index contributed by atoms with van der Waals surface area (Å²) in [7, 11) is 0. The van der Waals surface area contributed by atoms with Crippen molar-refractivity contribution in [3.05, 3.63) is 87.4 Å². The molecule has 0 fully saturated rings. The first kappa shape index (κ1) is 17.5. The summed E-state index contributed by atoms with van der Waals surface area (Å²) in [6.45, 7) is 0. The molecule has 25 heavy (non-hydrogen) atoms. The van der Waals surface area contributed by atoms with Gasteiger partial charge in [0.05, 0.1) is 23.1 Å². The molecular formula is C18H11Cl3N2O2. The highest BCUT2D eigenvalue weighted by Crippen LogP contribution is 2.29. The maximum absolute atomic E-state index is 12.4. The minimum Gasteiger partial charge on any atom is -0.421 e. The largest absolute Gasteiger partial charge is 0.421 e. The van der Waals surface area contributed by atoms with Crippen molar-refractivity contribution >= 4 is 52.7 Å². The number of imidazole rings is 1. The third-order valence-corrected chi connectivity index (χ3v) is 4.07. The number of esters is 1. The number of benzene rings is 2. The van der Waals surface area contributed by atoms with Crippen LogP contribution in [0.3, 0.4) is 0 Å². The molecule has 4 nitrogen and oxygen atoms in total. The van der Waals surface area contributed by atoms with Gasteiger partial charge in [-0.3, -0.25) is 0 Å². The second-order valence-electron chi connectivity index (χ2n) is 5.02. The van der Waals surface area contributed by atoms with E-state index in [-0.39, 0.29) is 5.76 Å². The zero-order valence-electron chi connectivity index (χ0n) is 12.7. The number of carbonyl (C=O) groups excluding carboxylic acids is 1. The van der Waals surface area contributed by atoms with Gasteiger partial charge in [-0.2, -0.15) is 0 Å². The van der Waals surface area contributed by atoms with Gasteiger partial charge in [-0.05, 0) is 42.5 Å². The Morgan fingerprint density at radius 1 is 1.04 bits per heavy atom. The average molecular weight is 394 g/mol. The van der Waals surface area contributed by atoms with E-state index in [2.05, 4.69) is 4.98 Å². The second-order valence-corrected chi connectivity index (χ2v) is 6.30. The lowest BCUT2D eigenvalue weighted by Crippen LogP contribution is -2.05. The van der Waals surface area contributed by atoms with Crippen molar-refractivity contribution in [2.75, 3.05) is 0 Å². The number of hydrogen-bond acceptors (Lipinski definition) is 3. The molecular weight excluding hydrogens is 383 g/mol. The van der Waals surface area contributed by atoms with E-state index in [4.69, 9.17) is 39.5 Å². The normalized spacial score (nSPS) is 11.4. The van der Waals surface area contributed by atoms with Crippen LogP contribution in [0.15, 0.2) is 61.2 Å². The van der Waals surface area contributed by atoms with E-state index in [9.17, 15) is 4.79 Å². The summed E-state index contributed by atoms with van der Waals surface area (Å²) in [5.41, 5.74) is 0.896. The monoisotopic (exact) mass is 392 g/mol. The molecule has 3 aromatic rings. The highest BCUT2D eigenvalue weighted by atomic mass is 35.5. The number of nitrogens with zero attached hydrogens (tertiary/aromatic N) is 2. The summed E-state index contributed by atoms with van der Waals surface area (Å²) in [6.07, 6.45) is 6.49. The van der Waals surface area contributed by atoms with Crippen LogP contribution < -0.4 is 0 Å². The van der Waals surface area contributed by atoms with Crippen LogP contribution in [0.4, 0.5) is 0 Å². The Balaban J connectivity index is 1.97.